The number of carbonyl (C=O) groups excluding carboxylic acids is 1. The van der Waals surface area contributed by atoms with Gasteiger partial charge in [-0.3, -0.25) is 9.78 Å². The van der Waals surface area contributed by atoms with Crippen LogP contribution in [-0.4, -0.2) is 30.0 Å². The fourth-order valence-electron chi connectivity index (χ4n) is 2.96. The van der Waals surface area contributed by atoms with Crippen molar-refractivity contribution in [3.63, 3.8) is 0 Å². The second kappa shape index (κ2) is 6.22. The molecular weight excluding hydrogens is 312 g/mol. The molecule has 0 aliphatic carbocycles. The van der Waals surface area contributed by atoms with Crippen LogP contribution in [0, 0.1) is 0 Å². The topological polar surface area (TPSA) is 67.3 Å². The molecular formula is C17H18N2O3S. The molecule has 1 aliphatic rings. The molecule has 1 aliphatic heterocycles. The van der Waals surface area contributed by atoms with Gasteiger partial charge in [0.1, 0.15) is 0 Å². The molecule has 0 amide bonds. The van der Waals surface area contributed by atoms with Gasteiger partial charge in [0.15, 0.2) is 5.78 Å². The monoisotopic (exact) mass is 330 g/mol. The standard InChI is InChI=1S/C17H18N2O3S/c1-13(20)15-4-2-5-16(12-15)23(21,22)19-11-3-6-17(19)14-7-9-18-10-8-14/h2,4-5,7-10,12,17H,3,6,11H2,1H3. The molecule has 2 aromatic rings. The van der Waals surface area contributed by atoms with Gasteiger partial charge in [0.25, 0.3) is 0 Å². The normalized spacial score (nSPS) is 18.9. The van der Waals surface area contributed by atoms with Crippen LogP contribution in [0.4, 0.5) is 0 Å². The number of ketones is 1. The molecule has 23 heavy (non-hydrogen) atoms. The van der Waals surface area contributed by atoms with Crippen molar-refractivity contribution in [1.82, 2.24) is 9.29 Å². The number of rotatable bonds is 4. The highest BCUT2D eigenvalue weighted by molar-refractivity contribution is 7.89. The number of Topliss-reactive ketones (excluding diaryl/α,β-unsaturated/α-hetero) is 1. The number of nitrogens with zero attached hydrogens (tertiary/aromatic N) is 2. The van der Waals surface area contributed by atoms with Crippen LogP contribution < -0.4 is 0 Å². The first-order valence-electron chi connectivity index (χ1n) is 7.53. The van der Waals surface area contributed by atoms with E-state index in [9.17, 15) is 13.2 Å². The van der Waals surface area contributed by atoms with E-state index >= 15 is 0 Å². The smallest absolute Gasteiger partial charge is 0.243 e. The first kappa shape index (κ1) is 15.8. The number of hydrogen-bond acceptors (Lipinski definition) is 4. The Hall–Kier alpha value is -2.05. The van der Waals surface area contributed by atoms with E-state index in [0.717, 1.165) is 18.4 Å². The van der Waals surface area contributed by atoms with Gasteiger partial charge in [0.05, 0.1) is 10.9 Å². The number of aromatic nitrogens is 1. The predicted octanol–water partition coefficient (Wildman–Crippen LogP) is 2.81. The van der Waals surface area contributed by atoms with Gasteiger partial charge in [-0.25, -0.2) is 8.42 Å². The SMILES string of the molecule is CC(=O)c1cccc(S(=O)(=O)N2CCCC2c2ccncc2)c1. The predicted molar refractivity (Wildman–Crippen MR) is 86.6 cm³/mol. The van der Waals surface area contributed by atoms with Crippen LogP contribution in [0.25, 0.3) is 0 Å². The first-order chi connectivity index (χ1) is 11.0. The Labute approximate surface area is 136 Å². The molecule has 0 radical (unpaired) electrons. The van der Waals surface area contributed by atoms with E-state index in [-0.39, 0.29) is 16.7 Å². The van der Waals surface area contributed by atoms with Crippen molar-refractivity contribution in [2.24, 2.45) is 0 Å². The van der Waals surface area contributed by atoms with Crippen LogP contribution in [0.3, 0.4) is 0 Å². The van der Waals surface area contributed by atoms with Gasteiger partial charge >= 0.3 is 0 Å². The molecule has 6 heteroatoms. The van der Waals surface area contributed by atoms with Crippen molar-refractivity contribution in [3.8, 4) is 0 Å². The summed E-state index contributed by atoms with van der Waals surface area (Å²) in [5.41, 5.74) is 1.36. The van der Waals surface area contributed by atoms with Crippen LogP contribution in [0.15, 0.2) is 53.7 Å². The molecule has 1 saturated heterocycles. The maximum atomic E-state index is 13.0. The largest absolute Gasteiger partial charge is 0.295 e. The number of carbonyl (C=O) groups is 1. The quantitative estimate of drug-likeness (QED) is 0.809. The zero-order valence-corrected chi connectivity index (χ0v) is 13.7. The van der Waals surface area contributed by atoms with E-state index in [4.69, 9.17) is 0 Å². The Morgan fingerprint density at radius 1 is 1.22 bits per heavy atom. The molecule has 1 fully saturated rings. The number of benzene rings is 1. The zero-order chi connectivity index (χ0) is 16.4. The fraction of sp³-hybridized carbons (Fsp3) is 0.294. The molecule has 120 valence electrons. The van der Waals surface area contributed by atoms with Crippen LogP contribution >= 0.6 is 0 Å². The molecule has 5 nitrogen and oxygen atoms in total. The molecule has 3 rings (SSSR count). The van der Waals surface area contributed by atoms with E-state index in [2.05, 4.69) is 4.98 Å². The van der Waals surface area contributed by atoms with Crippen molar-refractivity contribution < 1.29 is 13.2 Å². The van der Waals surface area contributed by atoms with Crippen LogP contribution in [0.5, 0.6) is 0 Å². The Bertz CT molecular complexity index is 819. The highest BCUT2D eigenvalue weighted by Gasteiger charge is 2.36. The molecule has 1 unspecified atom stereocenters. The van der Waals surface area contributed by atoms with Gasteiger partial charge < -0.3 is 0 Å². The van der Waals surface area contributed by atoms with Gasteiger partial charge in [-0.15, -0.1) is 0 Å². The third kappa shape index (κ3) is 3.04. The summed E-state index contributed by atoms with van der Waals surface area (Å²) in [7, 11) is -3.63. The van der Waals surface area contributed by atoms with Gasteiger partial charge in [-0.05, 0) is 49.6 Å². The average molecular weight is 330 g/mol. The molecule has 1 aromatic carbocycles. The summed E-state index contributed by atoms with van der Waals surface area (Å²) in [6, 6.07) is 9.77. The number of pyridine rings is 1. The summed E-state index contributed by atoms with van der Waals surface area (Å²) < 4.78 is 27.5. The Kier molecular flexibility index (Phi) is 4.28. The van der Waals surface area contributed by atoms with Crippen molar-refractivity contribution in [3.05, 3.63) is 59.9 Å². The minimum absolute atomic E-state index is 0.144. The lowest BCUT2D eigenvalue weighted by molar-refractivity contribution is 0.101. The van der Waals surface area contributed by atoms with Gasteiger partial charge in [-0.1, -0.05) is 12.1 Å². The van der Waals surface area contributed by atoms with Gasteiger partial charge in [0, 0.05) is 24.5 Å². The van der Waals surface area contributed by atoms with Crippen LogP contribution in [-0.2, 0) is 10.0 Å². The van der Waals surface area contributed by atoms with Crippen LogP contribution in [0.1, 0.15) is 41.7 Å². The van der Waals surface area contributed by atoms with Gasteiger partial charge in [-0.2, -0.15) is 4.31 Å². The van der Waals surface area contributed by atoms with E-state index < -0.39 is 10.0 Å². The van der Waals surface area contributed by atoms with E-state index in [0.29, 0.717) is 12.1 Å². The molecule has 1 atom stereocenters. The first-order valence-corrected chi connectivity index (χ1v) is 8.97. The molecule has 0 N–H and O–H groups in total. The lowest BCUT2D eigenvalue weighted by Crippen LogP contribution is -2.30. The molecule has 2 heterocycles. The average Bonchev–Trinajstić information content (AvgIpc) is 3.06. The molecule has 0 saturated carbocycles. The van der Waals surface area contributed by atoms with E-state index in [1.807, 2.05) is 12.1 Å². The molecule has 1 aromatic heterocycles. The summed E-state index contributed by atoms with van der Waals surface area (Å²) in [5.74, 6) is -0.144. The minimum Gasteiger partial charge on any atom is -0.295 e. The zero-order valence-electron chi connectivity index (χ0n) is 12.8. The van der Waals surface area contributed by atoms with Crippen LogP contribution in [0.2, 0.25) is 0 Å². The van der Waals surface area contributed by atoms with Crippen molar-refractivity contribution in [2.45, 2.75) is 30.7 Å². The fourth-order valence-corrected chi connectivity index (χ4v) is 4.69. The summed E-state index contributed by atoms with van der Waals surface area (Å²) in [6.07, 6.45) is 4.96. The second-order valence-corrected chi connectivity index (χ2v) is 7.53. The van der Waals surface area contributed by atoms with Crippen molar-refractivity contribution in [1.29, 1.82) is 0 Å². The maximum absolute atomic E-state index is 13.0. The lowest BCUT2D eigenvalue weighted by atomic mass is 10.1. The molecule has 0 spiro atoms. The Morgan fingerprint density at radius 3 is 2.65 bits per heavy atom. The number of hydrogen-bond donors (Lipinski definition) is 0. The number of sulfonamides is 1. The van der Waals surface area contributed by atoms with Crippen molar-refractivity contribution >= 4 is 15.8 Å². The highest BCUT2D eigenvalue weighted by Crippen LogP contribution is 2.36. The van der Waals surface area contributed by atoms with Gasteiger partial charge in [0.2, 0.25) is 10.0 Å². The van der Waals surface area contributed by atoms with E-state index in [1.54, 1.807) is 30.6 Å². The Morgan fingerprint density at radius 2 is 1.96 bits per heavy atom. The second-order valence-electron chi connectivity index (χ2n) is 5.64. The van der Waals surface area contributed by atoms with Crippen molar-refractivity contribution in [2.75, 3.05) is 6.54 Å². The summed E-state index contributed by atoms with van der Waals surface area (Å²) in [6.45, 7) is 1.92. The third-order valence-electron chi connectivity index (χ3n) is 4.14. The summed E-state index contributed by atoms with van der Waals surface area (Å²) in [4.78, 5) is 15.7. The molecule has 0 bridgehead atoms. The Balaban J connectivity index is 1.99. The maximum Gasteiger partial charge on any atom is 0.243 e. The minimum atomic E-state index is -3.63. The highest BCUT2D eigenvalue weighted by atomic mass is 32.2. The third-order valence-corrected chi connectivity index (χ3v) is 6.05. The summed E-state index contributed by atoms with van der Waals surface area (Å²) in [5, 5.41) is 0. The van der Waals surface area contributed by atoms with E-state index in [1.165, 1.54) is 17.3 Å². The lowest BCUT2D eigenvalue weighted by Gasteiger charge is -2.24. The summed E-state index contributed by atoms with van der Waals surface area (Å²) >= 11 is 0.